The van der Waals surface area contributed by atoms with Crippen molar-refractivity contribution in [3.05, 3.63) is 63.7 Å². The van der Waals surface area contributed by atoms with Gasteiger partial charge in [-0.1, -0.05) is 18.5 Å². The number of nitrogens with one attached hydrogen (secondary N) is 1. The number of benzene rings is 2. The first-order valence-electron chi connectivity index (χ1n) is 9.48. The number of ether oxygens (including phenoxy) is 1. The number of hydrogen-bond donors (Lipinski definition) is 1. The predicted octanol–water partition coefficient (Wildman–Crippen LogP) is 3.84. The molecule has 0 fully saturated rings. The minimum absolute atomic E-state index is 0.0939. The largest absolute Gasteiger partial charge is 0.452 e. The molecule has 7 nitrogen and oxygen atoms in total. The summed E-state index contributed by atoms with van der Waals surface area (Å²) >= 11 is 5.89. The summed E-state index contributed by atoms with van der Waals surface area (Å²) in [4.78, 5) is 50.7. The van der Waals surface area contributed by atoms with Crippen molar-refractivity contribution in [3.63, 3.8) is 0 Å². The lowest BCUT2D eigenvalue weighted by Gasteiger charge is -2.20. The topological polar surface area (TPSA) is 92.8 Å². The molecule has 1 aliphatic heterocycles. The first-order valence-corrected chi connectivity index (χ1v) is 9.85. The molecule has 1 heterocycles. The van der Waals surface area contributed by atoms with E-state index in [0.717, 1.165) is 5.56 Å². The van der Waals surface area contributed by atoms with Gasteiger partial charge in [-0.25, -0.2) is 4.79 Å². The molecule has 0 bridgehead atoms. The highest BCUT2D eigenvalue weighted by Gasteiger charge is 2.38. The van der Waals surface area contributed by atoms with E-state index in [-0.39, 0.29) is 28.6 Å². The molecule has 1 aliphatic rings. The molecule has 0 spiro atoms. The van der Waals surface area contributed by atoms with Gasteiger partial charge in [0, 0.05) is 16.8 Å². The maximum Gasteiger partial charge on any atom is 0.338 e. The monoisotopic (exact) mass is 428 g/mol. The number of halogens is 1. The van der Waals surface area contributed by atoms with E-state index in [1.54, 1.807) is 32.0 Å². The molecular formula is C22H21ClN2O5. The number of rotatable bonds is 6. The van der Waals surface area contributed by atoms with Crippen molar-refractivity contribution in [2.45, 2.75) is 33.2 Å². The van der Waals surface area contributed by atoms with Crippen LogP contribution >= 0.6 is 11.6 Å². The zero-order chi connectivity index (χ0) is 22.0. The lowest BCUT2D eigenvalue weighted by Crippen LogP contribution is -2.37. The molecule has 0 saturated carbocycles. The minimum Gasteiger partial charge on any atom is -0.452 e. The van der Waals surface area contributed by atoms with Crippen molar-refractivity contribution in [2.24, 2.45) is 0 Å². The van der Waals surface area contributed by atoms with Crippen molar-refractivity contribution >= 4 is 41.0 Å². The first kappa shape index (κ1) is 21.5. The van der Waals surface area contributed by atoms with Crippen LogP contribution in [0.3, 0.4) is 0 Å². The third-order valence-corrected chi connectivity index (χ3v) is 5.22. The molecule has 0 radical (unpaired) electrons. The van der Waals surface area contributed by atoms with Gasteiger partial charge in [0.2, 0.25) is 0 Å². The van der Waals surface area contributed by atoms with Gasteiger partial charge >= 0.3 is 5.97 Å². The van der Waals surface area contributed by atoms with Crippen molar-refractivity contribution in [1.82, 2.24) is 4.90 Å². The third-order valence-electron chi connectivity index (χ3n) is 4.98. The molecule has 2 aromatic rings. The molecule has 30 heavy (non-hydrogen) atoms. The Morgan fingerprint density at radius 3 is 2.47 bits per heavy atom. The van der Waals surface area contributed by atoms with E-state index in [1.807, 2.05) is 6.92 Å². The van der Waals surface area contributed by atoms with Crippen molar-refractivity contribution in [3.8, 4) is 0 Å². The molecule has 1 N–H and O–H groups in total. The Hall–Kier alpha value is -3.19. The summed E-state index contributed by atoms with van der Waals surface area (Å²) < 4.78 is 5.06. The fourth-order valence-corrected chi connectivity index (χ4v) is 3.36. The van der Waals surface area contributed by atoms with E-state index < -0.39 is 24.4 Å². The van der Waals surface area contributed by atoms with Crippen LogP contribution < -0.4 is 5.32 Å². The van der Waals surface area contributed by atoms with Crippen LogP contribution in [0.15, 0.2) is 36.4 Å². The van der Waals surface area contributed by atoms with E-state index in [9.17, 15) is 19.2 Å². The van der Waals surface area contributed by atoms with Gasteiger partial charge < -0.3 is 10.1 Å². The van der Waals surface area contributed by atoms with Gasteiger partial charge in [0.15, 0.2) is 6.61 Å². The number of aryl methyl sites for hydroxylation is 1. The van der Waals surface area contributed by atoms with Crippen LogP contribution in [0, 0.1) is 6.92 Å². The van der Waals surface area contributed by atoms with Gasteiger partial charge in [-0.05, 0) is 62.2 Å². The average molecular weight is 429 g/mol. The molecule has 156 valence electrons. The van der Waals surface area contributed by atoms with Gasteiger partial charge in [0.1, 0.15) is 0 Å². The lowest BCUT2D eigenvalue weighted by atomic mass is 10.1. The predicted molar refractivity (Wildman–Crippen MR) is 112 cm³/mol. The maximum absolute atomic E-state index is 12.6. The van der Waals surface area contributed by atoms with Crippen molar-refractivity contribution in [2.75, 3.05) is 11.9 Å². The van der Waals surface area contributed by atoms with Gasteiger partial charge in [-0.15, -0.1) is 0 Å². The number of carbonyl (C=O) groups is 4. The summed E-state index contributed by atoms with van der Waals surface area (Å²) in [6.07, 6.45) is 0.628. The van der Waals surface area contributed by atoms with E-state index in [4.69, 9.17) is 16.3 Å². The zero-order valence-electron chi connectivity index (χ0n) is 16.8. The molecular weight excluding hydrogens is 408 g/mol. The molecule has 1 unspecified atom stereocenters. The number of esters is 1. The summed E-state index contributed by atoms with van der Waals surface area (Å²) in [6, 6.07) is 8.94. The Labute approximate surface area is 179 Å². The summed E-state index contributed by atoms with van der Waals surface area (Å²) in [7, 11) is 0. The average Bonchev–Trinajstić information content (AvgIpc) is 2.97. The second-order valence-electron chi connectivity index (χ2n) is 7.08. The number of fused-ring (bicyclic) bond motifs is 1. The molecule has 3 rings (SSSR count). The number of amides is 3. The first-order chi connectivity index (χ1) is 14.2. The SMILES string of the molecule is CCC(C)N1C(=O)c2ccc(C(=O)OCC(=O)Nc3ccc(Cl)cc3C)cc2C1=O. The Kier molecular flexibility index (Phi) is 6.22. The van der Waals surface area contributed by atoms with Gasteiger partial charge in [0.25, 0.3) is 17.7 Å². The van der Waals surface area contributed by atoms with Crippen molar-refractivity contribution in [1.29, 1.82) is 0 Å². The van der Waals surface area contributed by atoms with Crippen molar-refractivity contribution < 1.29 is 23.9 Å². The molecule has 3 amide bonds. The fourth-order valence-electron chi connectivity index (χ4n) is 3.14. The van der Waals surface area contributed by atoms with E-state index in [2.05, 4.69) is 5.32 Å². The molecule has 0 aliphatic carbocycles. The van der Waals surface area contributed by atoms with Crippen LogP contribution in [0.5, 0.6) is 0 Å². The van der Waals surface area contributed by atoms with Crippen LogP contribution in [0.4, 0.5) is 5.69 Å². The molecule has 8 heteroatoms. The second kappa shape index (κ2) is 8.67. The summed E-state index contributed by atoms with van der Waals surface area (Å²) in [5, 5.41) is 3.19. The Balaban J connectivity index is 1.66. The smallest absolute Gasteiger partial charge is 0.338 e. The highest BCUT2D eigenvalue weighted by atomic mass is 35.5. The van der Waals surface area contributed by atoms with E-state index in [0.29, 0.717) is 17.1 Å². The Morgan fingerprint density at radius 1 is 1.10 bits per heavy atom. The number of carbonyl (C=O) groups excluding carboxylic acids is 4. The van der Waals surface area contributed by atoms with Crippen LogP contribution in [0.1, 0.15) is 56.9 Å². The molecule has 0 saturated heterocycles. The summed E-state index contributed by atoms with van der Waals surface area (Å²) in [5.41, 5.74) is 1.85. The Bertz CT molecular complexity index is 1050. The third kappa shape index (κ3) is 4.21. The van der Waals surface area contributed by atoms with Crippen LogP contribution in [0.25, 0.3) is 0 Å². The number of anilines is 1. The fraction of sp³-hybridized carbons (Fsp3) is 0.273. The van der Waals surface area contributed by atoms with Crippen LogP contribution in [0.2, 0.25) is 5.02 Å². The van der Waals surface area contributed by atoms with E-state index in [1.165, 1.54) is 23.1 Å². The lowest BCUT2D eigenvalue weighted by molar-refractivity contribution is -0.119. The van der Waals surface area contributed by atoms with Gasteiger partial charge in [0.05, 0.1) is 16.7 Å². The van der Waals surface area contributed by atoms with Gasteiger partial charge in [-0.2, -0.15) is 0 Å². The van der Waals surface area contributed by atoms with Gasteiger partial charge in [-0.3, -0.25) is 19.3 Å². The van der Waals surface area contributed by atoms with Crippen LogP contribution in [-0.4, -0.2) is 41.2 Å². The van der Waals surface area contributed by atoms with Crippen LogP contribution in [-0.2, 0) is 9.53 Å². The zero-order valence-corrected chi connectivity index (χ0v) is 17.6. The highest BCUT2D eigenvalue weighted by Crippen LogP contribution is 2.27. The minimum atomic E-state index is -0.761. The summed E-state index contributed by atoms with van der Waals surface area (Å²) in [5.74, 6) is -2.08. The summed E-state index contributed by atoms with van der Waals surface area (Å²) in [6.45, 7) is 4.97. The molecule has 1 atom stereocenters. The second-order valence-corrected chi connectivity index (χ2v) is 7.52. The quantitative estimate of drug-likeness (QED) is 0.557. The number of hydrogen-bond acceptors (Lipinski definition) is 5. The highest BCUT2D eigenvalue weighted by molar-refractivity contribution is 6.30. The standard InChI is InChI=1S/C22H21ClN2O5/c1-4-13(3)25-20(27)16-7-5-14(10-17(16)21(25)28)22(29)30-11-19(26)24-18-8-6-15(23)9-12(18)2/h5-10,13H,4,11H2,1-3H3,(H,24,26). The maximum atomic E-state index is 12.6. The molecule has 2 aromatic carbocycles. The van der Waals surface area contributed by atoms with E-state index >= 15 is 0 Å². The molecule has 0 aromatic heterocycles. The normalized spacial score (nSPS) is 13.8. The Morgan fingerprint density at radius 2 is 1.80 bits per heavy atom. The number of nitrogens with zero attached hydrogens (tertiary/aromatic N) is 1. The number of imide groups is 1.